The molecule has 4 N–H and O–H groups in total. The zero-order valence-corrected chi connectivity index (χ0v) is 13.8. The fourth-order valence-electron chi connectivity index (χ4n) is 2.18. The molecule has 116 valence electrons. The second kappa shape index (κ2) is 11.6. The molecule has 0 aliphatic heterocycles. The van der Waals surface area contributed by atoms with Gasteiger partial charge in [-0.15, -0.1) is 0 Å². The zero-order valence-electron chi connectivity index (χ0n) is 13.8. The van der Waals surface area contributed by atoms with E-state index in [0.717, 1.165) is 13.1 Å². The smallest absolute Gasteiger partial charge is 0.0544 e. The van der Waals surface area contributed by atoms with Crippen LogP contribution in [0.15, 0.2) is 0 Å². The van der Waals surface area contributed by atoms with E-state index in [-0.39, 0.29) is 0 Å². The van der Waals surface area contributed by atoms with Gasteiger partial charge in [-0.3, -0.25) is 10.6 Å². The van der Waals surface area contributed by atoms with Gasteiger partial charge >= 0.3 is 0 Å². The summed E-state index contributed by atoms with van der Waals surface area (Å²) in [7, 11) is 0. The molecule has 0 radical (unpaired) electrons. The second-order valence-corrected chi connectivity index (χ2v) is 6.06. The molecule has 0 aromatic heterocycles. The minimum Gasteiger partial charge on any atom is -0.302 e. The Balaban J connectivity index is 3.27. The van der Waals surface area contributed by atoms with E-state index < -0.39 is 0 Å². The summed E-state index contributed by atoms with van der Waals surface area (Å²) in [5.41, 5.74) is 0. The maximum atomic E-state index is 3.50. The Kier molecular flexibility index (Phi) is 11.6. The third-order valence-electron chi connectivity index (χ3n) is 2.92. The van der Waals surface area contributed by atoms with Crippen molar-refractivity contribution in [1.82, 2.24) is 21.3 Å². The molecule has 2 unspecified atom stereocenters. The van der Waals surface area contributed by atoms with Crippen LogP contribution in [0.25, 0.3) is 0 Å². The molecule has 0 saturated carbocycles. The van der Waals surface area contributed by atoms with Crippen LogP contribution in [0.1, 0.15) is 60.8 Å². The third kappa shape index (κ3) is 14.1. The Morgan fingerprint density at radius 3 is 1.26 bits per heavy atom. The van der Waals surface area contributed by atoms with Crippen molar-refractivity contribution in [1.29, 1.82) is 0 Å². The molecule has 0 spiro atoms. The minimum absolute atomic E-state index is 0.411. The van der Waals surface area contributed by atoms with E-state index in [1.807, 2.05) is 0 Å². The van der Waals surface area contributed by atoms with Gasteiger partial charge in [0.25, 0.3) is 0 Å². The first kappa shape index (κ1) is 18.8. The van der Waals surface area contributed by atoms with Gasteiger partial charge in [-0.1, -0.05) is 6.42 Å². The van der Waals surface area contributed by atoms with Gasteiger partial charge in [-0.2, -0.15) is 0 Å². The van der Waals surface area contributed by atoms with Crippen LogP contribution in [-0.2, 0) is 0 Å². The van der Waals surface area contributed by atoms with Crippen LogP contribution in [0, 0.1) is 0 Å². The van der Waals surface area contributed by atoms with E-state index >= 15 is 0 Å². The average molecular weight is 272 g/mol. The van der Waals surface area contributed by atoms with Gasteiger partial charge in [0.1, 0.15) is 0 Å². The SMILES string of the molecule is CC(C)NC(C)NCCCCCNC(C)NC(C)C. The standard InChI is InChI=1S/C15H36N4/c1-12(2)18-14(5)16-10-8-7-9-11-17-15(6)19-13(3)4/h12-19H,7-11H2,1-6H3. The van der Waals surface area contributed by atoms with Crippen molar-refractivity contribution in [3.8, 4) is 0 Å². The van der Waals surface area contributed by atoms with Gasteiger partial charge in [0.15, 0.2) is 0 Å². The molecule has 0 amide bonds. The van der Waals surface area contributed by atoms with Crippen LogP contribution >= 0.6 is 0 Å². The highest BCUT2D eigenvalue weighted by atomic mass is 15.1. The van der Waals surface area contributed by atoms with Crippen LogP contribution in [0.2, 0.25) is 0 Å². The van der Waals surface area contributed by atoms with Crippen molar-refractivity contribution in [2.75, 3.05) is 13.1 Å². The highest BCUT2D eigenvalue weighted by molar-refractivity contribution is 4.63. The molecule has 4 heteroatoms. The maximum Gasteiger partial charge on any atom is 0.0544 e. The van der Waals surface area contributed by atoms with Crippen molar-refractivity contribution in [2.45, 2.75) is 85.2 Å². The summed E-state index contributed by atoms with van der Waals surface area (Å²) in [6.45, 7) is 15.3. The van der Waals surface area contributed by atoms with Crippen LogP contribution < -0.4 is 21.3 Å². The fraction of sp³-hybridized carbons (Fsp3) is 1.00. The normalized spacial score (nSPS) is 15.2. The molecule has 0 heterocycles. The molecular formula is C15H36N4. The Hall–Kier alpha value is -0.160. The van der Waals surface area contributed by atoms with E-state index in [4.69, 9.17) is 0 Å². The fourth-order valence-corrected chi connectivity index (χ4v) is 2.18. The number of nitrogens with one attached hydrogen (secondary N) is 4. The van der Waals surface area contributed by atoms with Crippen LogP contribution in [-0.4, -0.2) is 37.5 Å². The van der Waals surface area contributed by atoms with Crippen molar-refractivity contribution in [3.63, 3.8) is 0 Å². The zero-order chi connectivity index (χ0) is 14.7. The Labute approximate surface area is 120 Å². The molecule has 0 aromatic carbocycles. The first-order valence-electron chi connectivity index (χ1n) is 7.90. The van der Waals surface area contributed by atoms with Gasteiger partial charge < -0.3 is 10.6 Å². The van der Waals surface area contributed by atoms with Crippen molar-refractivity contribution in [2.24, 2.45) is 0 Å². The van der Waals surface area contributed by atoms with Crippen molar-refractivity contribution in [3.05, 3.63) is 0 Å². The van der Waals surface area contributed by atoms with E-state index in [1.165, 1.54) is 19.3 Å². The minimum atomic E-state index is 0.411. The summed E-state index contributed by atoms with van der Waals surface area (Å²) in [5.74, 6) is 0. The number of hydrogen-bond donors (Lipinski definition) is 4. The molecule has 0 aliphatic rings. The molecule has 0 saturated heterocycles. The number of hydrogen-bond acceptors (Lipinski definition) is 4. The monoisotopic (exact) mass is 272 g/mol. The summed E-state index contributed by atoms with van der Waals surface area (Å²) in [6, 6.07) is 1.09. The lowest BCUT2D eigenvalue weighted by atomic mass is 10.2. The summed E-state index contributed by atoms with van der Waals surface area (Å²) >= 11 is 0. The maximum absolute atomic E-state index is 3.50. The molecule has 2 atom stereocenters. The third-order valence-corrected chi connectivity index (χ3v) is 2.92. The van der Waals surface area contributed by atoms with Gasteiger partial charge in [0, 0.05) is 12.1 Å². The van der Waals surface area contributed by atoms with Crippen LogP contribution in [0.5, 0.6) is 0 Å². The Morgan fingerprint density at radius 1 is 0.579 bits per heavy atom. The van der Waals surface area contributed by atoms with E-state index in [0.29, 0.717) is 24.4 Å². The lowest BCUT2D eigenvalue weighted by Crippen LogP contribution is -2.44. The number of unbranched alkanes of at least 4 members (excludes halogenated alkanes) is 2. The summed E-state index contributed by atoms with van der Waals surface area (Å²) < 4.78 is 0. The second-order valence-electron chi connectivity index (χ2n) is 6.06. The Morgan fingerprint density at radius 2 is 0.947 bits per heavy atom. The quantitative estimate of drug-likeness (QED) is 0.324. The van der Waals surface area contributed by atoms with Crippen molar-refractivity contribution >= 4 is 0 Å². The van der Waals surface area contributed by atoms with Gasteiger partial charge in [0.05, 0.1) is 12.3 Å². The van der Waals surface area contributed by atoms with Gasteiger partial charge in [-0.05, 0) is 67.5 Å². The molecular weight excluding hydrogens is 236 g/mol. The summed E-state index contributed by atoms with van der Waals surface area (Å²) in [4.78, 5) is 0. The molecule has 0 fully saturated rings. The van der Waals surface area contributed by atoms with Crippen LogP contribution in [0.3, 0.4) is 0 Å². The molecule has 19 heavy (non-hydrogen) atoms. The molecule has 0 rings (SSSR count). The predicted octanol–water partition coefficient (Wildman–Crippen LogP) is 2.02. The lowest BCUT2D eigenvalue weighted by Gasteiger charge is -2.19. The number of rotatable bonds is 12. The highest BCUT2D eigenvalue weighted by Gasteiger charge is 2.02. The molecule has 4 nitrogen and oxygen atoms in total. The van der Waals surface area contributed by atoms with Gasteiger partial charge in [0.2, 0.25) is 0 Å². The summed E-state index contributed by atoms with van der Waals surface area (Å²) in [6.07, 6.45) is 4.60. The first-order valence-corrected chi connectivity index (χ1v) is 7.90. The first-order chi connectivity index (χ1) is 8.91. The van der Waals surface area contributed by atoms with E-state index in [2.05, 4.69) is 62.8 Å². The summed E-state index contributed by atoms with van der Waals surface area (Å²) in [5, 5.41) is 13.9. The topological polar surface area (TPSA) is 48.1 Å². The average Bonchev–Trinajstić information content (AvgIpc) is 2.25. The molecule has 0 aliphatic carbocycles. The largest absolute Gasteiger partial charge is 0.302 e. The molecule has 0 aromatic rings. The van der Waals surface area contributed by atoms with Gasteiger partial charge in [-0.25, -0.2) is 0 Å². The predicted molar refractivity (Wildman–Crippen MR) is 85.3 cm³/mol. The lowest BCUT2D eigenvalue weighted by molar-refractivity contribution is 0.400. The highest BCUT2D eigenvalue weighted by Crippen LogP contribution is 1.94. The molecule has 0 bridgehead atoms. The van der Waals surface area contributed by atoms with E-state index in [9.17, 15) is 0 Å². The van der Waals surface area contributed by atoms with Crippen LogP contribution in [0.4, 0.5) is 0 Å². The Bertz CT molecular complexity index is 175. The van der Waals surface area contributed by atoms with E-state index in [1.54, 1.807) is 0 Å². The van der Waals surface area contributed by atoms with Crippen molar-refractivity contribution < 1.29 is 0 Å².